The maximum atomic E-state index is 14.8. The highest BCUT2D eigenvalue weighted by Crippen LogP contribution is 2.23. The first-order valence-corrected chi connectivity index (χ1v) is 14.6. The Labute approximate surface area is 244 Å². The molecule has 10 nitrogen and oxygen atoms in total. The normalized spacial score (nSPS) is 20.8. The third-order valence-electron chi connectivity index (χ3n) is 8.11. The predicted octanol–water partition coefficient (Wildman–Crippen LogP) is 2.51. The number of rotatable bonds is 3. The van der Waals surface area contributed by atoms with Gasteiger partial charge in [0.15, 0.2) is 0 Å². The smallest absolute Gasteiger partial charge is 0.257 e. The Morgan fingerprint density at radius 1 is 1.12 bits per heavy atom. The highest BCUT2D eigenvalue weighted by molar-refractivity contribution is 5.98. The second kappa shape index (κ2) is 12.7. The Morgan fingerprint density at radius 3 is 2.74 bits per heavy atom. The number of hydrogen-bond acceptors (Lipinski definition) is 5. The number of halogens is 1. The second-order valence-corrected chi connectivity index (χ2v) is 11.4. The summed E-state index contributed by atoms with van der Waals surface area (Å²) in [5, 5.41) is 11.2. The van der Waals surface area contributed by atoms with Crippen LogP contribution < -0.4 is 10.6 Å². The molecule has 4 amide bonds. The molecule has 2 aliphatic rings. The number of nitrogens with one attached hydrogen (secondary N) is 2. The van der Waals surface area contributed by atoms with Crippen molar-refractivity contribution in [1.82, 2.24) is 30.2 Å². The Balaban J connectivity index is 1.42. The van der Waals surface area contributed by atoms with Gasteiger partial charge >= 0.3 is 0 Å². The molecule has 1 fully saturated rings. The van der Waals surface area contributed by atoms with Gasteiger partial charge in [-0.3, -0.25) is 23.9 Å². The molecule has 42 heavy (non-hydrogen) atoms. The number of carbonyl (C=O) groups is 4. The second-order valence-electron chi connectivity index (χ2n) is 11.4. The summed E-state index contributed by atoms with van der Waals surface area (Å²) in [6, 6.07) is 10.8. The van der Waals surface area contributed by atoms with Crippen LogP contribution in [0.4, 0.5) is 4.39 Å². The highest BCUT2D eigenvalue weighted by atomic mass is 19.1. The summed E-state index contributed by atoms with van der Waals surface area (Å²) in [6.45, 7) is 4.42. The fourth-order valence-electron chi connectivity index (χ4n) is 5.65. The Hall–Kier alpha value is -4.28. The van der Waals surface area contributed by atoms with Gasteiger partial charge in [-0.1, -0.05) is 38.1 Å². The fraction of sp³-hybridized carbons (Fsp3) is 0.452. The quantitative estimate of drug-likeness (QED) is 0.497. The highest BCUT2D eigenvalue weighted by Gasteiger charge is 2.37. The summed E-state index contributed by atoms with van der Waals surface area (Å²) in [6.07, 6.45) is 3.87. The number of hydrogen-bond donors (Lipinski definition) is 2. The third kappa shape index (κ3) is 6.45. The lowest BCUT2D eigenvalue weighted by atomic mass is 10.0. The molecule has 0 aliphatic carbocycles. The molecule has 2 bridgehead atoms. The number of aryl methyl sites for hydroxylation is 1. The molecular formula is C31H37FN6O4. The molecule has 2 aliphatic heterocycles. The average molecular weight is 577 g/mol. The van der Waals surface area contributed by atoms with Gasteiger partial charge in [0.05, 0.1) is 23.8 Å². The first kappa shape index (κ1) is 29.2. The lowest BCUT2D eigenvalue weighted by Gasteiger charge is -2.32. The predicted molar refractivity (Wildman–Crippen MR) is 155 cm³/mol. The van der Waals surface area contributed by atoms with Gasteiger partial charge in [0.2, 0.25) is 17.7 Å². The van der Waals surface area contributed by atoms with Crippen LogP contribution in [0.25, 0.3) is 10.9 Å². The van der Waals surface area contributed by atoms with E-state index in [0.29, 0.717) is 38.8 Å². The maximum Gasteiger partial charge on any atom is 0.257 e. The lowest BCUT2D eigenvalue weighted by molar-refractivity contribution is -0.137. The molecular weight excluding hydrogens is 539 g/mol. The minimum Gasteiger partial charge on any atom is -0.355 e. The molecule has 2 N–H and O–H groups in total. The minimum atomic E-state index is -0.750. The Bertz CT molecular complexity index is 1490. The lowest BCUT2D eigenvalue weighted by Crippen LogP contribution is -2.55. The molecule has 0 unspecified atom stereocenters. The number of nitrogens with zero attached hydrogens (tertiary/aromatic N) is 4. The van der Waals surface area contributed by atoms with Gasteiger partial charge in [-0.2, -0.15) is 5.10 Å². The third-order valence-corrected chi connectivity index (χ3v) is 8.11. The number of carbonyl (C=O) groups excluding carboxylic acids is 4. The molecule has 1 aromatic heterocycles. The van der Waals surface area contributed by atoms with E-state index in [-0.39, 0.29) is 48.8 Å². The number of benzene rings is 2. The van der Waals surface area contributed by atoms with E-state index in [0.717, 1.165) is 16.5 Å². The minimum absolute atomic E-state index is 0.0520. The molecule has 3 aromatic rings. The number of amides is 4. The molecule has 11 heteroatoms. The number of para-hydroxylation sites is 1. The summed E-state index contributed by atoms with van der Waals surface area (Å²) in [5.74, 6) is -2.19. The van der Waals surface area contributed by atoms with Gasteiger partial charge in [-0.15, -0.1) is 0 Å². The van der Waals surface area contributed by atoms with Crippen LogP contribution in [-0.4, -0.2) is 81.5 Å². The van der Waals surface area contributed by atoms with Gasteiger partial charge in [0.1, 0.15) is 18.4 Å². The van der Waals surface area contributed by atoms with Crippen LogP contribution in [0.15, 0.2) is 48.7 Å². The molecule has 2 atom stereocenters. The summed E-state index contributed by atoms with van der Waals surface area (Å²) < 4.78 is 16.4. The average Bonchev–Trinajstić information content (AvgIpc) is 3.62. The van der Waals surface area contributed by atoms with E-state index in [1.165, 1.54) is 15.9 Å². The zero-order valence-corrected chi connectivity index (χ0v) is 24.0. The van der Waals surface area contributed by atoms with Crippen LogP contribution in [0.1, 0.15) is 49.0 Å². The zero-order valence-electron chi connectivity index (χ0n) is 24.0. The summed E-state index contributed by atoms with van der Waals surface area (Å²) in [7, 11) is 0. The van der Waals surface area contributed by atoms with E-state index in [2.05, 4.69) is 15.7 Å². The van der Waals surface area contributed by atoms with Crippen molar-refractivity contribution in [3.8, 4) is 0 Å². The zero-order chi connectivity index (χ0) is 29.8. The SMILES string of the molecule is CC(C)[C@@H]1CN(C(=O)Cn2ncc3ccccc32)CC(=O)NCCCc2ccc(F)c(c2)C(=O)N2CCC[C@H]2C(=O)N1. The van der Waals surface area contributed by atoms with E-state index >= 15 is 0 Å². The molecule has 0 saturated carbocycles. The number of aromatic nitrogens is 2. The standard InChI is InChI=1S/C31H37FN6O4/c1-20(2)25-17-36(29(40)19-38-26-9-4-3-8-22(26)16-34-38)18-28(39)33-13-5-7-21-11-12-24(32)23(15-21)31(42)37-14-6-10-27(37)30(41)35-25/h3-4,8-9,11-12,15-16,20,25,27H,5-7,10,13-14,17-19H2,1-2H3,(H,33,39)(H,35,41)/t25-,27-/m0/s1. The largest absolute Gasteiger partial charge is 0.355 e. The van der Waals surface area contributed by atoms with Crippen molar-refractivity contribution in [3.05, 3.63) is 65.6 Å². The first-order valence-electron chi connectivity index (χ1n) is 14.6. The molecule has 0 spiro atoms. The van der Waals surface area contributed by atoms with E-state index in [4.69, 9.17) is 0 Å². The van der Waals surface area contributed by atoms with E-state index in [1.54, 1.807) is 23.0 Å². The molecule has 5 rings (SSSR count). The monoisotopic (exact) mass is 576 g/mol. The number of fused-ring (bicyclic) bond motifs is 4. The van der Waals surface area contributed by atoms with Gasteiger partial charge < -0.3 is 20.4 Å². The van der Waals surface area contributed by atoms with Crippen LogP contribution >= 0.6 is 0 Å². The molecule has 2 aromatic carbocycles. The summed E-state index contributed by atoms with van der Waals surface area (Å²) in [5.41, 5.74) is 1.52. The van der Waals surface area contributed by atoms with Gasteiger partial charge in [0.25, 0.3) is 5.91 Å². The molecule has 0 radical (unpaired) electrons. The van der Waals surface area contributed by atoms with Crippen molar-refractivity contribution in [3.63, 3.8) is 0 Å². The van der Waals surface area contributed by atoms with Gasteiger partial charge in [0, 0.05) is 31.1 Å². The van der Waals surface area contributed by atoms with Crippen molar-refractivity contribution < 1.29 is 23.6 Å². The molecule has 222 valence electrons. The van der Waals surface area contributed by atoms with Crippen molar-refractivity contribution in [2.45, 2.75) is 58.2 Å². The van der Waals surface area contributed by atoms with Crippen LogP contribution in [0, 0.1) is 11.7 Å². The molecule has 1 saturated heterocycles. The van der Waals surface area contributed by atoms with Crippen LogP contribution in [-0.2, 0) is 27.3 Å². The van der Waals surface area contributed by atoms with E-state index < -0.39 is 23.8 Å². The summed E-state index contributed by atoms with van der Waals surface area (Å²) in [4.78, 5) is 56.5. The topological polar surface area (TPSA) is 117 Å². The van der Waals surface area contributed by atoms with E-state index in [1.807, 2.05) is 38.1 Å². The van der Waals surface area contributed by atoms with Crippen molar-refractivity contribution in [2.75, 3.05) is 26.2 Å². The van der Waals surface area contributed by atoms with Crippen molar-refractivity contribution in [1.29, 1.82) is 0 Å². The van der Waals surface area contributed by atoms with Gasteiger partial charge in [-0.25, -0.2) is 4.39 Å². The van der Waals surface area contributed by atoms with E-state index in [9.17, 15) is 23.6 Å². The van der Waals surface area contributed by atoms with Crippen LogP contribution in [0.3, 0.4) is 0 Å². The van der Waals surface area contributed by atoms with Gasteiger partial charge in [-0.05, 0) is 55.4 Å². The van der Waals surface area contributed by atoms with Crippen molar-refractivity contribution in [2.24, 2.45) is 5.92 Å². The fourth-order valence-corrected chi connectivity index (χ4v) is 5.65. The molecule has 3 heterocycles. The maximum absolute atomic E-state index is 14.8. The van der Waals surface area contributed by atoms with Crippen LogP contribution in [0.5, 0.6) is 0 Å². The Kier molecular flexibility index (Phi) is 8.84. The van der Waals surface area contributed by atoms with Crippen LogP contribution in [0.2, 0.25) is 0 Å². The summed E-state index contributed by atoms with van der Waals surface area (Å²) >= 11 is 0. The first-order chi connectivity index (χ1) is 20.2. The Morgan fingerprint density at radius 2 is 1.93 bits per heavy atom. The van der Waals surface area contributed by atoms with Crippen molar-refractivity contribution >= 4 is 34.5 Å².